The van der Waals surface area contributed by atoms with Gasteiger partial charge in [-0.1, -0.05) is 12.2 Å². The van der Waals surface area contributed by atoms with Crippen LogP contribution < -0.4 is 14.2 Å². The Kier molecular flexibility index (Phi) is 8.21. The number of carbonyl (C=O) groups excluding carboxylic acids is 1. The molecule has 188 valence electrons. The van der Waals surface area contributed by atoms with E-state index in [-0.39, 0.29) is 5.75 Å². The normalized spacial score (nSPS) is 29.2. The number of rotatable bonds is 8. The van der Waals surface area contributed by atoms with Crippen LogP contribution in [0.15, 0.2) is 42.2 Å². The van der Waals surface area contributed by atoms with E-state index in [1.165, 1.54) is 26.2 Å². The second-order valence-electron chi connectivity index (χ2n) is 8.03. The molecule has 1 fully saturated rings. The van der Waals surface area contributed by atoms with E-state index in [0.29, 0.717) is 23.5 Å². The molecule has 1 aromatic rings. The molecule has 0 aromatic heterocycles. The molecule has 2 aliphatic rings. The molecular weight excluding hydrogens is 470 g/mol. The zero-order valence-corrected chi connectivity index (χ0v) is 19.8. The molecule has 3 rings (SSSR count). The summed E-state index contributed by atoms with van der Waals surface area (Å²) in [5.41, 5.74) is 0.574. The number of carbonyl (C=O) groups is 1. The third kappa shape index (κ3) is 6.07. The first-order valence-electron chi connectivity index (χ1n) is 10.5. The van der Waals surface area contributed by atoms with Crippen molar-refractivity contribution in [3.8, 4) is 11.5 Å². The zero-order valence-electron chi connectivity index (χ0n) is 19.0. The topological polar surface area (TPSA) is 161 Å². The zero-order chi connectivity index (χ0) is 25.0. The number of methoxy groups -OCH3 is 1. The van der Waals surface area contributed by atoms with Gasteiger partial charge in [-0.15, -0.1) is 0 Å². The van der Waals surface area contributed by atoms with Crippen molar-refractivity contribution in [3.63, 3.8) is 0 Å². The number of hydrogen-bond acceptors (Lipinski definition) is 10. The summed E-state index contributed by atoms with van der Waals surface area (Å²) in [5.74, 6) is -0.00476. The lowest BCUT2D eigenvalue weighted by Crippen LogP contribution is -2.64. The monoisotopic (exact) mass is 499 g/mol. The Hall–Kier alpha value is -2.64. The van der Waals surface area contributed by atoms with Crippen molar-refractivity contribution >= 4 is 16.0 Å². The van der Waals surface area contributed by atoms with E-state index < -0.39 is 59.2 Å². The molecule has 1 aliphatic heterocycles. The minimum Gasteiger partial charge on any atom is -0.496 e. The van der Waals surface area contributed by atoms with Gasteiger partial charge in [0, 0.05) is 18.4 Å². The number of allylic oxidation sites excluding steroid dienone is 4. The maximum atomic E-state index is 11.7. The fraction of sp³-hybridized carbons (Fsp3) is 0.500. The number of hydrogen-bond donors (Lipinski definition) is 4. The minimum absolute atomic E-state index is 0.0936. The predicted molar refractivity (Wildman–Crippen MR) is 119 cm³/mol. The first-order valence-corrected chi connectivity index (χ1v) is 12.4. The fourth-order valence-corrected chi connectivity index (χ4v) is 4.38. The molecule has 6 unspecified atom stereocenters. The van der Waals surface area contributed by atoms with Crippen LogP contribution in [0, 0.1) is 0 Å². The molecule has 0 bridgehead atoms. The van der Waals surface area contributed by atoms with Crippen LogP contribution in [0.1, 0.15) is 24.8 Å². The molecule has 0 saturated carbocycles. The second-order valence-corrected chi connectivity index (χ2v) is 9.60. The number of aliphatic hydroxyl groups excluding tert-OH is 3. The average molecular weight is 500 g/mol. The molecule has 34 heavy (non-hydrogen) atoms. The Morgan fingerprint density at radius 1 is 1.26 bits per heavy atom. The van der Waals surface area contributed by atoms with E-state index in [4.69, 9.17) is 18.4 Å². The van der Waals surface area contributed by atoms with Crippen LogP contribution in [-0.4, -0.2) is 80.3 Å². The lowest BCUT2D eigenvalue weighted by Gasteiger charge is -2.43. The van der Waals surface area contributed by atoms with E-state index in [9.17, 15) is 28.5 Å². The highest BCUT2D eigenvalue weighted by Crippen LogP contribution is 2.40. The highest BCUT2D eigenvalue weighted by atomic mass is 32.2. The Bertz CT molecular complexity index is 1050. The highest BCUT2D eigenvalue weighted by molar-refractivity contribution is 7.86. The summed E-state index contributed by atoms with van der Waals surface area (Å²) in [5, 5.41) is 32.8. The highest BCUT2D eigenvalue weighted by Gasteiger charge is 2.46. The molecule has 6 atom stereocenters. The van der Waals surface area contributed by atoms with Gasteiger partial charge >= 0.3 is 10.1 Å². The Labute approximate surface area is 197 Å². The van der Waals surface area contributed by atoms with Crippen molar-refractivity contribution in [2.45, 2.75) is 49.9 Å². The summed E-state index contributed by atoms with van der Waals surface area (Å²) in [6.07, 6.45) is 1.42. The summed E-state index contributed by atoms with van der Waals surface area (Å²) >= 11 is 0. The number of nitrogens with one attached hydrogen (secondary N) is 1. The smallest absolute Gasteiger partial charge is 0.306 e. The summed E-state index contributed by atoms with van der Waals surface area (Å²) in [6, 6.07) is 3.45. The van der Waals surface area contributed by atoms with E-state index >= 15 is 0 Å². The van der Waals surface area contributed by atoms with Crippen molar-refractivity contribution in [2.24, 2.45) is 0 Å². The van der Waals surface area contributed by atoms with Crippen LogP contribution in [-0.2, 0) is 24.4 Å². The molecule has 11 nitrogen and oxygen atoms in total. The number of amides is 1. The maximum absolute atomic E-state index is 11.7. The largest absolute Gasteiger partial charge is 0.496 e. The first-order chi connectivity index (χ1) is 16.0. The Morgan fingerprint density at radius 3 is 2.62 bits per heavy atom. The van der Waals surface area contributed by atoms with Crippen LogP contribution in [0.4, 0.5) is 0 Å². The van der Waals surface area contributed by atoms with Crippen molar-refractivity contribution < 1.29 is 46.9 Å². The molecular formula is C22H29NO10S. The number of benzene rings is 1. The van der Waals surface area contributed by atoms with Crippen molar-refractivity contribution in [1.82, 2.24) is 5.32 Å². The maximum Gasteiger partial charge on any atom is 0.306 e. The van der Waals surface area contributed by atoms with Crippen molar-refractivity contribution in [3.05, 3.63) is 47.7 Å². The molecule has 1 heterocycles. The van der Waals surface area contributed by atoms with Gasteiger partial charge in [0.15, 0.2) is 0 Å². The Balaban J connectivity index is 1.94. The summed E-state index contributed by atoms with van der Waals surface area (Å²) in [4.78, 5) is 11.7. The fourth-order valence-electron chi connectivity index (χ4n) is 3.93. The van der Waals surface area contributed by atoms with E-state index in [2.05, 4.69) is 5.32 Å². The molecule has 1 aliphatic carbocycles. The van der Waals surface area contributed by atoms with Gasteiger partial charge in [-0.05, 0) is 30.7 Å². The molecule has 1 aromatic carbocycles. The summed E-state index contributed by atoms with van der Waals surface area (Å²) in [6.45, 7) is 0.670. The van der Waals surface area contributed by atoms with Crippen molar-refractivity contribution in [2.75, 3.05) is 20.0 Å². The molecule has 0 spiro atoms. The molecule has 12 heteroatoms. The standard InChI is InChI=1S/C22H29NO10S/c1-12(25)23-19-21(27)20(26)18(11-24)32-22(19)31-17-7-5-4-6-14(17)15-10-13(33-34(3,28)29)8-9-16(15)30-2/h4-5,7-10,14,18-22,24,26-27H,6,11H2,1-3H3,(H,23,25). The van der Waals surface area contributed by atoms with Gasteiger partial charge in [0.2, 0.25) is 12.2 Å². The van der Waals surface area contributed by atoms with Gasteiger partial charge in [-0.3, -0.25) is 4.79 Å². The predicted octanol–water partition coefficient (Wildman–Crippen LogP) is -0.0787. The van der Waals surface area contributed by atoms with Crippen LogP contribution in [0.5, 0.6) is 11.5 Å². The molecule has 0 radical (unpaired) electrons. The average Bonchev–Trinajstić information content (AvgIpc) is 2.77. The van der Waals surface area contributed by atoms with E-state index in [1.807, 2.05) is 6.08 Å². The molecule has 1 saturated heterocycles. The van der Waals surface area contributed by atoms with Crippen LogP contribution in [0.3, 0.4) is 0 Å². The van der Waals surface area contributed by atoms with E-state index in [1.54, 1.807) is 18.2 Å². The Morgan fingerprint density at radius 2 is 2.00 bits per heavy atom. The van der Waals surface area contributed by atoms with Gasteiger partial charge in [0.05, 0.1) is 20.0 Å². The van der Waals surface area contributed by atoms with Gasteiger partial charge < -0.3 is 39.0 Å². The van der Waals surface area contributed by atoms with Crippen molar-refractivity contribution in [1.29, 1.82) is 0 Å². The second kappa shape index (κ2) is 10.7. The van der Waals surface area contributed by atoms with Crippen LogP contribution in [0.25, 0.3) is 0 Å². The van der Waals surface area contributed by atoms with Gasteiger partial charge in [-0.2, -0.15) is 8.42 Å². The minimum atomic E-state index is -3.76. The van der Waals surface area contributed by atoms with Gasteiger partial charge in [-0.25, -0.2) is 0 Å². The quantitative estimate of drug-likeness (QED) is 0.356. The lowest BCUT2D eigenvalue weighted by atomic mass is 9.89. The van der Waals surface area contributed by atoms with Gasteiger partial charge in [0.1, 0.15) is 41.6 Å². The SMILES string of the molecule is COc1ccc(OS(C)(=O)=O)cc1C1CC=CC=C1OC1OC(CO)C(O)C(O)C1NC(C)=O. The van der Waals surface area contributed by atoms with Crippen LogP contribution in [0.2, 0.25) is 0 Å². The third-order valence-electron chi connectivity index (χ3n) is 5.44. The number of aliphatic hydroxyl groups is 3. The third-order valence-corrected chi connectivity index (χ3v) is 5.93. The first kappa shape index (κ1) is 26.0. The summed E-state index contributed by atoms with van der Waals surface area (Å²) < 4.78 is 45.4. The summed E-state index contributed by atoms with van der Waals surface area (Å²) in [7, 11) is -2.28. The number of ether oxygens (including phenoxy) is 3. The van der Waals surface area contributed by atoms with E-state index in [0.717, 1.165) is 6.26 Å². The van der Waals surface area contributed by atoms with Gasteiger partial charge in [0.25, 0.3) is 0 Å². The van der Waals surface area contributed by atoms with Crippen LogP contribution >= 0.6 is 0 Å². The molecule has 1 amide bonds. The molecule has 4 N–H and O–H groups in total. The lowest BCUT2D eigenvalue weighted by molar-refractivity contribution is -0.260.